The molecule has 0 amide bonds. The molecule has 1 heterocycles. The highest BCUT2D eigenvalue weighted by Gasteiger charge is 2.14. The van der Waals surface area contributed by atoms with Crippen LogP contribution >= 0.6 is 11.6 Å². The normalized spacial score (nSPS) is 12.3. The summed E-state index contributed by atoms with van der Waals surface area (Å²) < 4.78 is 14.0. The van der Waals surface area contributed by atoms with Crippen molar-refractivity contribution in [3.63, 3.8) is 0 Å². The van der Waals surface area contributed by atoms with Gasteiger partial charge < -0.3 is 5.11 Å². The van der Waals surface area contributed by atoms with Crippen LogP contribution in [0.4, 0.5) is 0 Å². The quantitative estimate of drug-likeness (QED) is 0.941. The van der Waals surface area contributed by atoms with Gasteiger partial charge in [-0.25, -0.2) is 4.79 Å². The van der Waals surface area contributed by atoms with Gasteiger partial charge in [-0.15, -0.1) is 0 Å². The Kier molecular flexibility index (Phi) is 4.25. The van der Waals surface area contributed by atoms with E-state index in [1.807, 2.05) is 13.0 Å². The number of nitrogens with zero attached hydrogens (tertiary/aromatic N) is 2. The molecule has 1 aromatic carbocycles. The summed E-state index contributed by atoms with van der Waals surface area (Å²) in [5.41, 5.74) is 1.63. The van der Waals surface area contributed by atoms with E-state index in [0.29, 0.717) is 4.90 Å². The standard InChI is InChI=1S/C13H13ClN2O3S/c1-8-5-9(16(2)15-8)7-20(19)10-3-4-12(14)11(6-10)13(17)18/h3-6H,7H2,1-2H3,(H,17,18). The van der Waals surface area contributed by atoms with Crippen molar-refractivity contribution < 1.29 is 14.1 Å². The molecular weight excluding hydrogens is 300 g/mol. The minimum Gasteiger partial charge on any atom is -0.478 e. The Hall–Kier alpha value is -1.66. The summed E-state index contributed by atoms with van der Waals surface area (Å²) in [6.07, 6.45) is 0. The van der Waals surface area contributed by atoms with E-state index in [-0.39, 0.29) is 16.3 Å². The number of carboxylic acids is 1. The van der Waals surface area contributed by atoms with Crippen LogP contribution in [0.5, 0.6) is 0 Å². The minimum atomic E-state index is -1.35. The van der Waals surface area contributed by atoms with E-state index in [2.05, 4.69) is 5.10 Å². The van der Waals surface area contributed by atoms with Gasteiger partial charge in [0.15, 0.2) is 0 Å². The molecule has 2 rings (SSSR count). The average molecular weight is 313 g/mol. The molecule has 0 saturated carbocycles. The maximum absolute atomic E-state index is 12.3. The van der Waals surface area contributed by atoms with Crippen LogP contribution in [0.1, 0.15) is 21.7 Å². The molecule has 0 aliphatic heterocycles. The fraction of sp³-hybridized carbons (Fsp3) is 0.231. The second kappa shape index (κ2) is 5.76. The van der Waals surface area contributed by atoms with Gasteiger partial charge in [-0.05, 0) is 31.2 Å². The van der Waals surface area contributed by atoms with Crippen LogP contribution in [0.3, 0.4) is 0 Å². The van der Waals surface area contributed by atoms with E-state index < -0.39 is 16.8 Å². The molecule has 0 radical (unpaired) electrons. The van der Waals surface area contributed by atoms with Crippen molar-refractivity contribution in [3.8, 4) is 0 Å². The van der Waals surface area contributed by atoms with E-state index in [1.54, 1.807) is 17.8 Å². The highest BCUT2D eigenvalue weighted by atomic mass is 35.5. The summed E-state index contributed by atoms with van der Waals surface area (Å²) in [5, 5.41) is 13.3. The van der Waals surface area contributed by atoms with Gasteiger partial charge in [-0.3, -0.25) is 8.89 Å². The Morgan fingerprint density at radius 2 is 2.15 bits per heavy atom. The first-order valence-corrected chi connectivity index (χ1v) is 7.49. The molecule has 1 N–H and O–H groups in total. The molecule has 1 atom stereocenters. The Labute approximate surface area is 123 Å². The third-order valence-electron chi connectivity index (χ3n) is 2.81. The molecule has 0 saturated heterocycles. The third kappa shape index (κ3) is 3.08. The molecule has 5 nitrogen and oxygen atoms in total. The van der Waals surface area contributed by atoms with Crippen molar-refractivity contribution in [3.05, 3.63) is 46.2 Å². The van der Waals surface area contributed by atoms with Gasteiger partial charge in [0.25, 0.3) is 0 Å². The fourth-order valence-electron chi connectivity index (χ4n) is 1.83. The lowest BCUT2D eigenvalue weighted by Crippen LogP contribution is -2.05. The van der Waals surface area contributed by atoms with E-state index >= 15 is 0 Å². The van der Waals surface area contributed by atoms with Crippen LogP contribution in [0.15, 0.2) is 29.2 Å². The lowest BCUT2D eigenvalue weighted by Gasteiger charge is -2.05. The molecule has 106 valence electrons. The summed E-state index contributed by atoms with van der Waals surface area (Å²) in [4.78, 5) is 11.5. The van der Waals surface area contributed by atoms with E-state index in [4.69, 9.17) is 16.7 Å². The molecule has 0 aliphatic rings. The number of aromatic nitrogens is 2. The zero-order valence-corrected chi connectivity index (χ0v) is 12.5. The van der Waals surface area contributed by atoms with Crippen molar-refractivity contribution in [2.24, 2.45) is 7.05 Å². The smallest absolute Gasteiger partial charge is 0.337 e. The van der Waals surface area contributed by atoms with Gasteiger partial charge in [-0.1, -0.05) is 11.6 Å². The summed E-state index contributed by atoms with van der Waals surface area (Å²) in [6.45, 7) is 1.86. The number of carbonyl (C=O) groups is 1. The van der Waals surface area contributed by atoms with Gasteiger partial charge in [0.05, 0.1) is 38.5 Å². The maximum Gasteiger partial charge on any atom is 0.337 e. The number of benzene rings is 1. The molecule has 0 bridgehead atoms. The molecule has 1 aromatic heterocycles. The summed E-state index contributed by atoms with van der Waals surface area (Å²) in [6, 6.07) is 6.23. The molecular formula is C13H13ClN2O3S. The molecule has 1 unspecified atom stereocenters. The van der Waals surface area contributed by atoms with Crippen LogP contribution in [0, 0.1) is 6.92 Å². The number of aromatic carboxylic acids is 1. The van der Waals surface area contributed by atoms with Crippen molar-refractivity contribution in [2.75, 3.05) is 0 Å². The highest BCUT2D eigenvalue weighted by Crippen LogP contribution is 2.21. The highest BCUT2D eigenvalue weighted by molar-refractivity contribution is 7.84. The number of aryl methyl sites for hydroxylation is 2. The Morgan fingerprint density at radius 3 is 2.70 bits per heavy atom. The summed E-state index contributed by atoms with van der Waals surface area (Å²) in [5.74, 6) is -0.858. The summed E-state index contributed by atoms with van der Waals surface area (Å²) in [7, 11) is 0.433. The largest absolute Gasteiger partial charge is 0.478 e. The summed E-state index contributed by atoms with van der Waals surface area (Å²) >= 11 is 5.79. The molecule has 7 heteroatoms. The number of halogens is 1. The SMILES string of the molecule is Cc1cc(CS(=O)c2ccc(Cl)c(C(=O)O)c2)n(C)n1. The lowest BCUT2D eigenvalue weighted by atomic mass is 10.2. The van der Waals surface area contributed by atoms with Crippen LogP contribution in [-0.4, -0.2) is 25.1 Å². The lowest BCUT2D eigenvalue weighted by molar-refractivity contribution is 0.0697. The molecule has 20 heavy (non-hydrogen) atoms. The first kappa shape index (κ1) is 14.7. The van der Waals surface area contributed by atoms with E-state index in [0.717, 1.165) is 11.4 Å². The van der Waals surface area contributed by atoms with Gasteiger partial charge in [0, 0.05) is 11.9 Å². The Balaban J connectivity index is 2.28. The second-order valence-corrected chi connectivity index (χ2v) is 6.20. The monoisotopic (exact) mass is 312 g/mol. The topological polar surface area (TPSA) is 72.2 Å². The van der Waals surface area contributed by atoms with Gasteiger partial charge in [0.2, 0.25) is 0 Å². The van der Waals surface area contributed by atoms with Crippen LogP contribution in [0.25, 0.3) is 0 Å². The number of hydrogen-bond acceptors (Lipinski definition) is 3. The molecule has 0 aliphatic carbocycles. The third-order valence-corrected chi connectivity index (χ3v) is 4.48. The van der Waals surface area contributed by atoms with Crippen LogP contribution < -0.4 is 0 Å². The predicted octanol–water partition coefficient (Wildman–Crippen LogP) is 2.39. The number of hydrogen-bond donors (Lipinski definition) is 1. The average Bonchev–Trinajstić information content (AvgIpc) is 2.67. The van der Waals surface area contributed by atoms with Crippen molar-refractivity contribution >= 4 is 28.4 Å². The van der Waals surface area contributed by atoms with Gasteiger partial charge >= 0.3 is 5.97 Å². The molecule has 0 spiro atoms. The number of carboxylic acid groups (broad SMARTS) is 1. The van der Waals surface area contributed by atoms with Crippen LogP contribution in [-0.2, 0) is 23.6 Å². The predicted molar refractivity (Wildman–Crippen MR) is 76.5 cm³/mol. The van der Waals surface area contributed by atoms with E-state index in [1.165, 1.54) is 12.1 Å². The zero-order chi connectivity index (χ0) is 14.9. The fourth-order valence-corrected chi connectivity index (χ4v) is 3.20. The van der Waals surface area contributed by atoms with Gasteiger partial charge in [0.1, 0.15) is 0 Å². The first-order valence-electron chi connectivity index (χ1n) is 5.79. The van der Waals surface area contributed by atoms with Crippen molar-refractivity contribution in [1.82, 2.24) is 9.78 Å². The Bertz CT molecular complexity index is 697. The van der Waals surface area contributed by atoms with Crippen molar-refractivity contribution in [1.29, 1.82) is 0 Å². The zero-order valence-electron chi connectivity index (χ0n) is 11.0. The maximum atomic E-state index is 12.3. The first-order chi connectivity index (χ1) is 9.38. The second-order valence-electron chi connectivity index (χ2n) is 4.34. The molecule has 2 aromatic rings. The van der Waals surface area contributed by atoms with Crippen LogP contribution in [0.2, 0.25) is 5.02 Å². The minimum absolute atomic E-state index is 0.0429. The van der Waals surface area contributed by atoms with Crippen molar-refractivity contribution in [2.45, 2.75) is 17.6 Å². The number of rotatable bonds is 4. The van der Waals surface area contributed by atoms with Gasteiger partial charge in [-0.2, -0.15) is 5.10 Å². The van der Waals surface area contributed by atoms with E-state index in [9.17, 15) is 9.00 Å². The molecule has 0 fully saturated rings. The Morgan fingerprint density at radius 1 is 1.45 bits per heavy atom.